The van der Waals surface area contributed by atoms with E-state index in [1.165, 1.54) is 0 Å². The van der Waals surface area contributed by atoms with Gasteiger partial charge in [-0.2, -0.15) is 0 Å². The van der Waals surface area contributed by atoms with Gasteiger partial charge in [-0.3, -0.25) is 0 Å². The Morgan fingerprint density at radius 2 is 1.90 bits per heavy atom. The summed E-state index contributed by atoms with van der Waals surface area (Å²) in [7, 11) is 3.94. The van der Waals surface area contributed by atoms with E-state index >= 15 is 0 Å². The lowest BCUT2D eigenvalue weighted by molar-refractivity contribution is 0.156. The maximum absolute atomic E-state index is 13.6. The van der Waals surface area contributed by atoms with E-state index < -0.39 is 17.7 Å². The monoisotopic (exact) mass is 286 g/mol. The number of halogens is 2. The Morgan fingerprint density at radius 1 is 1.25 bits per heavy atom. The topological polar surface area (TPSA) is 35.5 Å². The zero-order valence-electron chi connectivity index (χ0n) is 12.5. The molecular formula is C15H24F2N2O. The van der Waals surface area contributed by atoms with Crippen molar-refractivity contribution < 1.29 is 13.9 Å². The minimum Gasteiger partial charge on any atom is -0.387 e. The van der Waals surface area contributed by atoms with Crippen LogP contribution in [-0.2, 0) is 0 Å². The van der Waals surface area contributed by atoms with E-state index in [-0.39, 0.29) is 18.2 Å². The molecule has 1 aromatic rings. The molecular weight excluding hydrogens is 262 g/mol. The molecule has 1 aromatic carbocycles. The van der Waals surface area contributed by atoms with Gasteiger partial charge in [-0.15, -0.1) is 0 Å². The minimum atomic E-state index is -1.06. The van der Waals surface area contributed by atoms with Crippen LogP contribution in [0, 0.1) is 17.6 Å². The average molecular weight is 286 g/mol. The van der Waals surface area contributed by atoms with E-state index in [0.717, 1.165) is 24.7 Å². The molecule has 0 bridgehead atoms. The molecule has 0 saturated carbocycles. The van der Waals surface area contributed by atoms with Crippen LogP contribution in [0.5, 0.6) is 0 Å². The summed E-state index contributed by atoms with van der Waals surface area (Å²) >= 11 is 0. The number of benzene rings is 1. The fraction of sp³-hybridized carbons (Fsp3) is 0.600. The highest BCUT2D eigenvalue weighted by molar-refractivity contribution is 5.21. The van der Waals surface area contributed by atoms with Crippen molar-refractivity contribution in [2.75, 3.05) is 27.2 Å². The summed E-state index contributed by atoms with van der Waals surface area (Å²) in [4.78, 5) is 2.05. The quantitative estimate of drug-likeness (QED) is 0.806. The average Bonchev–Trinajstić information content (AvgIpc) is 2.36. The number of hydrogen-bond acceptors (Lipinski definition) is 3. The fourth-order valence-electron chi connectivity index (χ4n) is 2.05. The van der Waals surface area contributed by atoms with Crippen LogP contribution in [-0.4, -0.2) is 43.2 Å². The first-order valence-corrected chi connectivity index (χ1v) is 6.82. The Labute approximate surface area is 119 Å². The summed E-state index contributed by atoms with van der Waals surface area (Å²) in [5, 5.41) is 13.2. The first-order chi connectivity index (χ1) is 9.31. The first kappa shape index (κ1) is 17.0. The molecule has 0 saturated heterocycles. The van der Waals surface area contributed by atoms with Gasteiger partial charge in [0.2, 0.25) is 0 Å². The third-order valence-corrected chi connectivity index (χ3v) is 3.26. The SMILES string of the molecule is CC(C)C(CN(C)C)NCC(O)c1cc(F)ccc1F. The van der Waals surface area contributed by atoms with Gasteiger partial charge >= 0.3 is 0 Å². The van der Waals surface area contributed by atoms with Crippen molar-refractivity contribution in [3.8, 4) is 0 Å². The number of nitrogens with one attached hydrogen (secondary N) is 1. The lowest BCUT2D eigenvalue weighted by Crippen LogP contribution is -2.43. The highest BCUT2D eigenvalue weighted by atomic mass is 19.1. The predicted octanol–water partition coefficient (Wildman–Crippen LogP) is 2.17. The van der Waals surface area contributed by atoms with Crippen LogP contribution in [0.4, 0.5) is 8.78 Å². The molecule has 3 nitrogen and oxygen atoms in total. The van der Waals surface area contributed by atoms with Crippen LogP contribution in [0.25, 0.3) is 0 Å². The standard InChI is InChI=1S/C15H24F2N2O/c1-10(2)14(9-19(3)4)18-8-15(20)12-7-11(16)5-6-13(12)17/h5-7,10,14-15,18,20H,8-9H2,1-4H3. The third-order valence-electron chi connectivity index (χ3n) is 3.26. The molecule has 5 heteroatoms. The summed E-state index contributed by atoms with van der Waals surface area (Å²) in [5.41, 5.74) is -0.00939. The summed E-state index contributed by atoms with van der Waals surface area (Å²) < 4.78 is 26.7. The predicted molar refractivity (Wildman–Crippen MR) is 76.5 cm³/mol. The van der Waals surface area contributed by atoms with Crippen LogP contribution in [0.15, 0.2) is 18.2 Å². The molecule has 0 spiro atoms. The number of aliphatic hydroxyl groups is 1. The van der Waals surface area contributed by atoms with Crippen molar-refractivity contribution in [2.45, 2.75) is 26.0 Å². The van der Waals surface area contributed by atoms with E-state index in [1.54, 1.807) is 0 Å². The largest absolute Gasteiger partial charge is 0.387 e. The number of likely N-dealkylation sites (N-methyl/N-ethyl adjacent to an activating group) is 1. The first-order valence-electron chi connectivity index (χ1n) is 6.82. The van der Waals surface area contributed by atoms with Gasteiger partial charge in [-0.25, -0.2) is 8.78 Å². The van der Waals surface area contributed by atoms with E-state index in [1.807, 2.05) is 19.0 Å². The van der Waals surface area contributed by atoms with Crippen molar-refractivity contribution in [1.29, 1.82) is 0 Å². The number of hydrogen-bond donors (Lipinski definition) is 2. The molecule has 0 aliphatic heterocycles. The van der Waals surface area contributed by atoms with Crippen molar-refractivity contribution in [3.05, 3.63) is 35.4 Å². The minimum absolute atomic E-state index is 0.00939. The second-order valence-electron chi connectivity index (χ2n) is 5.70. The number of rotatable bonds is 7. The van der Waals surface area contributed by atoms with Crippen LogP contribution in [0.3, 0.4) is 0 Å². The van der Waals surface area contributed by atoms with Gasteiger partial charge in [0.25, 0.3) is 0 Å². The number of nitrogens with zero attached hydrogens (tertiary/aromatic N) is 1. The summed E-state index contributed by atoms with van der Waals surface area (Å²) in [6, 6.07) is 3.30. The molecule has 20 heavy (non-hydrogen) atoms. The van der Waals surface area contributed by atoms with Crippen LogP contribution in [0.1, 0.15) is 25.5 Å². The van der Waals surface area contributed by atoms with Gasteiger partial charge in [0, 0.05) is 24.7 Å². The normalized spacial score (nSPS) is 14.8. The molecule has 2 atom stereocenters. The lowest BCUT2D eigenvalue weighted by Gasteiger charge is -2.27. The van der Waals surface area contributed by atoms with Crippen molar-refractivity contribution in [2.24, 2.45) is 5.92 Å². The highest BCUT2D eigenvalue weighted by Crippen LogP contribution is 2.18. The maximum atomic E-state index is 13.6. The second kappa shape index (κ2) is 7.67. The maximum Gasteiger partial charge on any atom is 0.129 e. The molecule has 1 rings (SSSR count). The summed E-state index contributed by atoms with van der Waals surface area (Å²) in [5.74, 6) is -0.759. The Morgan fingerprint density at radius 3 is 2.45 bits per heavy atom. The van der Waals surface area contributed by atoms with Gasteiger partial charge in [-0.1, -0.05) is 13.8 Å². The van der Waals surface area contributed by atoms with Crippen molar-refractivity contribution in [1.82, 2.24) is 10.2 Å². The Hall–Kier alpha value is -1.04. The Kier molecular flexibility index (Phi) is 6.52. The molecule has 0 radical (unpaired) electrons. The van der Waals surface area contributed by atoms with E-state index in [9.17, 15) is 13.9 Å². The number of aliphatic hydroxyl groups excluding tert-OH is 1. The molecule has 114 valence electrons. The molecule has 2 unspecified atom stereocenters. The van der Waals surface area contributed by atoms with E-state index in [2.05, 4.69) is 19.2 Å². The zero-order chi connectivity index (χ0) is 15.3. The van der Waals surface area contributed by atoms with Crippen molar-refractivity contribution >= 4 is 0 Å². The molecule has 0 aromatic heterocycles. The van der Waals surface area contributed by atoms with E-state index in [0.29, 0.717) is 5.92 Å². The third kappa shape index (κ3) is 5.15. The van der Waals surface area contributed by atoms with E-state index in [4.69, 9.17) is 0 Å². The molecule has 0 amide bonds. The van der Waals surface area contributed by atoms with Gasteiger partial charge in [0.1, 0.15) is 11.6 Å². The van der Waals surface area contributed by atoms with Crippen molar-refractivity contribution in [3.63, 3.8) is 0 Å². The fourth-order valence-corrected chi connectivity index (χ4v) is 2.05. The molecule has 0 aliphatic rings. The molecule has 2 N–H and O–H groups in total. The molecule has 0 aliphatic carbocycles. The van der Waals surface area contributed by atoms with Crippen LogP contribution < -0.4 is 5.32 Å². The smallest absolute Gasteiger partial charge is 0.129 e. The summed E-state index contributed by atoms with van der Waals surface area (Å²) in [6.45, 7) is 5.17. The highest BCUT2D eigenvalue weighted by Gasteiger charge is 2.18. The van der Waals surface area contributed by atoms with Crippen LogP contribution in [0.2, 0.25) is 0 Å². The van der Waals surface area contributed by atoms with Gasteiger partial charge < -0.3 is 15.3 Å². The zero-order valence-corrected chi connectivity index (χ0v) is 12.5. The Balaban J connectivity index is 2.65. The van der Waals surface area contributed by atoms with Gasteiger partial charge in [0.05, 0.1) is 6.10 Å². The molecule has 0 fully saturated rings. The Bertz CT molecular complexity index is 424. The second-order valence-corrected chi connectivity index (χ2v) is 5.70. The summed E-state index contributed by atoms with van der Waals surface area (Å²) in [6.07, 6.45) is -1.06. The van der Waals surface area contributed by atoms with Crippen LogP contribution >= 0.6 is 0 Å². The van der Waals surface area contributed by atoms with Gasteiger partial charge in [-0.05, 0) is 38.2 Å². The molecule has 0 heterocycles. The van der Waals surface area contributed by atoms with Gasteiger partial charge in [0.15, 0.2) is 0 Å². The lowest BCUT2D eigenvalue weighted by atomic mass is 10.0.